The van der Waals surface area contributed by atoms with E-state index >= 15 is 0 Å². The van der Waals surface area contributed by atoms with Gasteiger partial charge in [-0.25, -0.2) is 4.79 Å². The Morgan fingerprint density at radius 1 is 1.29 bits per heavy atom. The van der Waals surface area contributed by atoms with Crippen LogP contribution >= 0.6 is 0 Å². The molecule has 6 heteroatoms. The van der Waals surface area contributed by atoms with Gasteiger partial charge in [-0.05, 0) is 0 Å². The lowest BCUT2D eigenvalue weighted by Gasteiger charge is -2.32. The first-order valence-corrected chi connectivity index (χ1v) is 4.26. The van der Waals surface area contributed by atoms with Crippen LogP contribution in [0.2, 0.25) is 0 Å². The normalized spacial score (nSPS) is 17.5. The van der Waals surface area contributed by atoms with Crippen molar-refractivity contribution in [2.24, 2.45) is 0 Å². The number of carboxylic acid groups (broad SMARTS) is 1. The third-order valence-electron chi connectivity index (χ3n) is 2.14. The first kappa shape index (κ1) is 10.5. The van der Waals surface area contributed by atoms with Gasteiger partial charge in [-0.3, -0.25) is 9.69 Å². The second kappa shape index (κ2) is 4.58. The highest BCUT2D eigenvalue weighted by Crippen LogP contribution is 2.01. The topological polar surface area (TPSA) is 84.6 Å². The third kappa shape index (κ3) is 2.44. The lowest BCUT2D eigenvalue weighted by molar-refractivity contribution is -0.156. The zero-order valence-electron chi connectivity index (χ0n) is 7.64. The van der Waals surface area contributed by atoms with Crippen LogP contribution in [-0.2, 0) is 9.59 Å². The van der Waals surface area contributed by atoms with E-state index in [-0.39, 0.29) is 0 Å². The van der Waals surface area contributed by atoms with Gasteiger partial charge in [-0.15, -0.1) is 0 Å². The van der Waals surface area contributed by atoms with Crippen LogP contribution in [0.1, 0.15) is 0 Å². The highest BCUT2D eigenvalue weighted by Gasteiger charge is 2.24. The molecule has 1 aliphatic heterocycles. The maximum absolute atomic E-state index is 11.0. The molecule has 14 heavy (non-hydrogen) atoms. The van der Waals surface area contributed by atoms with E-state index in [2.05, 4.69) is 0 Å². The molecule has 1 aliphatic rings. The first-order chi connectivity index (χ1) is 6.65. The molecule has 1 amide bonds. The number of nitriles is 1. The molecular formula is C8H11N3O3. The predicted molar refractivity (Wildman–Crippen MR) is 46.3 cm³/mol. The Balaban J connectivity index is 2.40. The molecule has 0 aliphatic carbocycles. The van der Waals surface area contributed by atoms with Gasteiger partial charge in [0.1, 0.15) is 0 Å². The van der Waals surface area contributed by atoms with Crippen LogP contribution in [0.25, 0.3) is 0 Å². The van der Waals surface area contributed by atoms with Crippen LogP contribution < -0.4 is 0 Å². The number of piperazine rings is 1. The Hall–Kier alpha value is -1.61. The number of amides is 1. The number of hydrogen-bond donors (Lipinski definition) is 1. The zero-order chi connectivity index (χ0) is 10.6. The molecule has 1 fully saturated rings. The molecule has 1 N–H and O–H groups in total. The van der Waals surface area contributed by atoms with Crippen LogP contribution in [0.15, 0.2) is 0 Å². The van der Waals surface area contributed by atoms with Crippen LogP contribution in [0.4, 0.5) is 0 Å². The summed E-state index contributed by atoms with van der Waals surface area (Å²) >= 11 is 0. The zero-order valence-corrected chi connectivity index (χ0v) is 7.64. The van der Waals surface area contributed by atoms with E-state index in [1.165, 1.54) is 4.90 Å². The van der Waals surface area contributed by atoms with Crippen molar-refractivity contribution in [2.45, 2.75) is 0 Å². The maximum Gasteiger partial charge on any atom is 0.394 e. The summed E-state index contributed by atoms with van der Waals surface area (Å²) in [6, 6.07) is 2.01. The van der Waals surface area contributed by atoms with Crippen molar-refractivity contribution in [3.63, 3.8) is 0 Å². The van der Waals surface area contributed by atoms with Gasteiger partial charge in [-0.1, -0.05) is 0 Å². The van der Waals surface area contributed by atoms with Crippen molar-refractivity contribution in [3.05, 3.63) is 0 Å². The molecule has 0 aromatic heterocycles. The first-order valence-electron chi connectivity index (χ1n) is 4.26. The van der Waals surface area contributed by atoms with Gasteiger partial charge in [-0.2, -0.15) is 5.26 Å². The summed E-state index contributed by atoms with van der Waals surface area (Å²) in [5.41, 5.74) is 0. The Labute approximate surface area is 81.3 Å². The fourth-order valence-electron chi connectivity index (χ4n) is 1.34. The fourth-order valence-corrected chi connectivity index (χ4v) is 1.34. The smallest absolute Gasteiger partial charge is 0.394 e. The van der Waals surface area contributed by atoms with Crippen LogP contribution in [0, 0.1) is 11.3 Å². The van der Waals surface area contributed by atoms with Crippen molar-refractivity contribution in [2.75, 3.05) is 32.7 Å². The lowest BCUT2D eigenvalue weighted by Crippen LogP contribution is -2.50. The van der Waals surface area contributed by atoms with E-state index in [4.69, 9.17) is 10.4 Å². The van der Waals surface area contributed by atoms with Crippen molar-refractivity contribution >= 4 is 11.9 Å². The van der Waals surface area contributed by atoms with Crippen LogP contribution in [-0.4, -0.2) is 59.5 Å². The largest absolute Gasteiger partial charge is 0.474 e. The molecule has 0 unspecified atom stereocenters. The molecule has 0 spiro atoms. The Morgan fingerprint density at radius 3 is 2.29 bits per heavy atom. The number of rotatable bonds is 1. The molecule has 0 aromatic rings. The number of carbonyl (C=O) groups excluding carboxylic acids is 1. The Kier molecular flexibility index (Phi) is 3.42. The number of carboxylic acids is 1. The highest BCUT2D eigenvalue weighted by molar-refractivity contribution is 6.31. The number of carbonyl (C=O) groups is 2. The molecule has 6 nitrogen and oxygen atoms in total. The SMILES string of the molecule is N#CCN1CCN(C(=O)C(=O)O)CC1. The molecule has 0 atom stereocenters. The number of nitrogens with zero attached hydrogens (tertiary/aromatic N) is 3. The monoisotopic (exact) mass is 197 g/mol. The third-order valence-corrected chi connectivity index (χ3v) is 2.14. The highest BCUT2D eigenvalue weighted by atomic mass is 16.4. The molecule has 0 saturated carbocycles. The summed E-state index contributed by atoms with van der Waals surface area (Å²) in [6.07, 6.45) is 0. The van der Waals surface area contributed by atoms with Crippen molar-refractivity contribution in [1.29, 1.82) is 5.26 Å². The fraction of sp³-hybridized carbons (Fsp3) is 0.625. The van der Waals surface area contributed by atoms with Gasteiger partial charge in [0.15, 0.2) is 0 Å². The second-order valence-corrected chi connectivity index (χ2v) is 3.03. The quantitative estimate of drug-likeness (QED) is 0.419. The van der Waals surface area contributed by atoms with E-state index in [9.17, 15) is 9.59 Å². The minimum atomic E-state index is -1.42. The average Bonchev–Trinajstić information content (AvgIpc) is 2.18. The van der Waals surface area contributed by atoms with Gasteiger partial charge in [0.2, 0.25) is 0 Å². The van der Waals surface area contributed by atoms with Gasteiger partial charge >= 0.3 is 11.9 Å². The lowest BCUT2D eigenvalue weighted by atomic mass is 10.3. The molecule has 1 saturated heterocycles. The Morgan fingerprint density at radius 2 is 1.86 bits per heavy atom. The maximum atomic E-state index is 11.0. The van der Waals surface area contributed by atoms with E-state index in [0.29, 0.717) is 32.7 Å². The summed E-state index contributed by atoms with van der Waals surface area (Å²) < 4.78 is 0. The summed E-state index contributed by atoms with van der Waals surface area (Å²) in [5.74, 6) is -2.28. The molecule has 0 radical (unpaired) electrons. The van der Waals surface area contributed by atoms with Gasteiger partial charge in [0.25, 0.3) is 0 Å². The van der Waals surface area contributed by atoms with Crippen molar-refractivity contribution in [3.8, 4) is 6.07 Å². The van der Waals surface area contributed by atoms with E-state index in [0.717, 1.165) is 0 Å². The number of hydrogen-bond acceptors (Lipinski definition) is 4. The standard InChI is InChI=1S/C8H11N3O3/c9-1-2-10-3-5-11(6-4-10)7(12)8(13)14/h2-6H2,(H,13,14). The van der Waals surface area contributed by atoms with Crippen LogP contribution in [0.3, 0.4) is 0 Å². The van der Waals surface area contributed by atoms with Crippen molar-refractivity contribution < 1.29 is 14.7 Å². The van der Waals surface area contributed by atoms with Gasteiger partial charge in [0, 0.05) is 26.2 Å². The van der Waals surface area contributed by atoms with Gasteiger partial charge in [0.05, 0.1) is 12.6 Å². The molecule has 1 rings (SSSR count). The second-order valence-electron chi connectivity index (χ2n) is 3.03. The van der Waals surface area contributed by atoms with E-state index in [1.54, 1.807) is 0 Å². The summed E-state index contributed by atoms with van der Waals surface area (Å²) in [4.78, 5) is 24.5. The van der Waals surface area contributed by atoms with Crippen LogP contribution in [0.5, 0.6) is 0 Å². The molecular weight excluding hydrogens is 186 g/mol. The summed E-state index contributed by atoms with van der Waals surface area (Å²) in [7, 11) is 0. The van der Waals surface area contributed by atoms with Crippen molar-refractivity contribution in [1.82, 2.24) is 9.80 Å². The predicted octanol–water partition coefficient (Wildman–Crippen LogP) is -1.26. The molecule has 1 heterocycles. The minimum absolute atomic E-state index is 0.328. The molecule has 0 bridgehead atoms. The van der Waals surface area contributed by atoms with E-state index < -0.39 is 11.9 Å². The average molecular weight is 197 g/mol. The summed E-state index contributed by atoms with van der Waals surface area (Å²) in [6.45, 7) is 2.22. The molecule has 0 aromatic carbocycles. The van der Waals surface area contributed by atoms with E-state index in [1.807, 2.05) is 11.0 Å². The Bertz CT molecular complexity index is 276. The minimum Gasteiger partial charge on any atom is -0.474 e. The molecule has 76 valence electrons. The number of aliphatic carboxylic acids is 1. The van der Waals surface area contributed by atoms with Gasteiger partial charge < -0.3 is 10.0 Å². The summed E-state index contributed by atoms with van der Waals surface area (Å²) in [5, 5.41) is 16.9.